The van der Waals surface area contributed by atoms with Crippen molar-refractivity contribution in [2.24, 2.45) is 13.0 Å². The summed E-state index contributed by atoms with van der Waals surface area (Å²) in [5.41, 5.74) is 3.92. The van der Waals surface area contributed by atoms with E-state index in [9.17, 15) is 18.0 Å². The molecule has 0 spiro atoms. The molecule has 1 aromatic carbocycles. The number of aliphatic carboxylic acids is 1. The lowest BCUT2D eigenvalue weighted by Crippen LogP contribution is -2.39. The molecule has 8 nitrogen and oxygen atoms in total. The molecule has 2 heterocycles. The molecule has 0 unspecified atom stereocenters. The molecule has 0 saturated carbocycles. The maximum Gasteiger partial charge on any atom is 0.490 e. The summed E-state index contributed by atoms with van der Waals surface area (Å²) in [7, 11) is 5.53. The second kappa shape index (κ2) is 9.19. The number of carbonyl (C=O) groups excluding carboxylic acids is 1. The molecule has 174 valence electrons. The Bertz CT molecular complexity index is 976. The highest BCUT2D eigenvalue weighted by atomic mass is 19.4. The number of halogens is 3. The van der Waals surface area contributed by atoms with Gasteiger partial charge >= 0.3 is 18.2 Å². The van der Waals surface area contributed by atoms with Crippen LogP contribution in [0.4, 0.5) is 18.0 Å². The van der Waals surface area contributed by atoms with E-state index >= 15 is 0 Å². The largest absolute Gasteiger partial charge is 0.490 e. The number of nitrogens with one attached hydrogen (secondary N) is 1. The Morgan fingerprint density at radius 3 is 2.38 bits per heavy atom. The van der Waals surface area contributed by atoms with Crippen LogP contribution in [0.1, 0.15) is 28.7 Å². The fourth-order valence-corrected chi connectivity index (χ4v) is 4.33. The van der Waals surface area contributed by atoms with Gasteiger partial charge in [0.25, 0.3) is 0 Å². The lowest BCUT2D eigenvalue weighted by molar-refractivity contribution is -0.192. The van der Waals surface area contributed by atoms with Crippen molar-refractivity contribution < 1.29 is 27.9 Å². The second-order valence-corrected chi connectivity index (χ2v) is 8.24. The summed E-state index contributed by atoms with van der Waals surface area (Å²) in [6, 6.07) is 8.64. The van der Waals surface area contributed by atoms with E-state index in [1.165, 1.54) is 16.7 Å². The first kappa shape index (κ1) is 23.6. The first-order chi connectivity index (χ1) is 15.0. The van der Waals surface area contributed by atoms with Crippen LogP contribution in [0.15, 0.2) is 36.7 Å². The van der Waals surface area contributed by atoms with Gasteiger partial charge in [-0.1, -0.05) is 24.3 Å². The predicted molar refractivity (Wildman–Crippen MR) is 110 cm³/mol. The fourth-order valence-electron chi connectivity index (χ4n) is 4.33. The summed E-state index contributed by atoms with van der Waals surface area (Å²) < 4.78 is 33.6. The number of carboxylic acids is 1. The van der Waals surface area contributed by atoms with Crippen LogP contribution in [0, 0.1) is 5.92 Å². The number of aromatic nitrogens is 2. The molecular formula is C21H26F3N5O3. The third-order valence-electron chi connectivity index (χ3n) is 5.69. The summed E-state index contributed by atoms with van der Waals surface area (Å²) in [6.07, 6.45) is -1.07. The van der Waals surface area contributed by atoms with Gasteiger partial charge in [-0.05, 0) is 11.1 Å². The Kier molecular flexibility index (Phi) is 6.77. The lowest BCUT2D eigenvalue weighted by atomic mass is 9.94. The van der Waals surface area contributed by atoms with E-state index in [1.807, 2.05) is 17.9 Å². The van der Waals surface area contributed by atoms with Gasteiger partial charge < -0.3 is 15.3 Å². The number of aryl methyl sites for hydroxylation is 1. The summed E-state index contributed by atoms with van der Waals surface area (Å²) in [5, 5.41) is 14.6. The number of alkyl halides is 3. The highest BCUT2D eigenvalue weighted by Gasteiger charge is 2.46. The molecule has 1 saturated heterocycles. The van der Waals surface area contributed by atoms with E-state index in [2.05, 4.69) is 45.8 Å². The van der Waals surface area contributed by atoms with Crippen LogP contribution >= 0.6 is 0 Å². The number of amides is 2. The van der Waals surface area contributed by atoms with Gasteiger partial charge in [0.05, 0.1) is 12.2 Å². The number of fused-ring (bicyclic) bond motifs is 3. The SMILES string of the molecule is CN(C)C(=O)N[C@H]1c2ccccc2[C@@H]2CN(Cc3cnn(C)c3)C[C@@H]21.O=C(O)C(F)(F)F. The Morgan fingerprint density at radius 1 is 1.22 bits per heavy atom. The minimum Gasteiger partial charge on any atom is -0.475 e. The molecule has 2 aromatic rings. The average molecular weight is 453 g/mol. The summed E-state index contributed by atoms with van der Waals surface area (Å²) in [4.78, 5) is 25.3. The average Bonchev–Trinajstić information content (AvgIpc) is 3.38. The zero-order chi connectivity index (χ0) is 23.6. The van der Waals surface area contributed by atoms with Crippen molar-refractivity contribution in [2.75, 3.05) is 27.2 Å². The van der Waals surface area contributed by atoms with Gasteiger partial charge in [-0.25, -0.2) is 9.59 Å². The van der Waals surface area contributed by atoms with Gasteiger partial charge in [-0.2, -0.15) is 18.3 Å². The molecule has 2 amide bonds. The monoisotopic (exact) mass is 453 g/mol. The Labute approximate surface area is 183 Å². The van der Waals surface area contributed by atoms with Crippen LogP contribution in [0.5, 0.6) is 0 Å². The molecule has 0 radical (unpaired) electrons. The number of nitrogens with zero attached hydrogens (tertiary/aromatic N) is 4. The van der Waals surface area contributed by atoms with Gasteiger partial charge in [0, 0.05) is 64.4 Å². The van der Waals surface area contributed by atoms with E-state index in [0.29, 0.717) is 11.8 Å². The first-order valence-electron chi connectivity index (χ1n) is 10.0. The summed E-state index contributed by atoms with van der Waals surface area (Å²) >= 11 is 0. The molecule has 1 aromatic heterocycles. The zero-order valence-corrected chi connectivity index (χ0v) is 18.0. The molecule has 1 fully saturated rings. The van der Waals surface area contributed by atoms with E-state index in [1.54, 1.807) is 19.0 Å². The molecular weight excluding hydrogens is 427 g/mol. The molecule has 32 heavy (non-hydrogen) atoms. The molecule has 2 aliphatic rings. The smallest absolute Gasteiger partial charge is 0.475 e. The third-order valence-corrected chi connectivity index (χ3v) is 5.69. The van der Waals surface area contributed by atoms with Crippen LogP contribution in [-0.4, -0.2) is 70.0 Å². The normalized spacial score (nSPS) is 21.9. The first-order valence-corrected chi connectivity index (χ1v) is 10.0. The van der Waals surface area contributed by atoms with Crippen molar-refractivity contribution in [2.45, 2.75) is 24.7 Å². The lowest BCUT2D eigenvalue weighted by Gasteiger charge is -2.24. The molecule has 0 bridgehead atoms. The molecule has 4 rings (SSSR count). The van der Waals surface area contributed by atoms with Gasteiger partial charge in [-0.15, -0.1) is 0 Å². The number of hydrogen-bond donors (Lipinski definition) is 2. The number of rotatable bonds is 3. The number of hydrogen-bond acceptors (Lipinski definition) is 4. The topological polar surface area (TPSA) is 90.7 Å². The van der Waals surface area contributed by atoms with Crippen molar-refractivity contribution in [3.63, 3.8) is 0 Å². The van der Waals surface area contributed by atoms with Gasteiger partial charge in [0.2, 0.25) is 0 Å². The maximum absolute atomic E-state index is 12.3. The predicted octanol–water partition coefficient (Wildman–Crippen LogP) is 2.59. The third kappa shape index (κ3) is 5.21. The summed E-state index contributed by atoms with van der Waals surface area (Å²) in [5.74, 6) is -1.84. The number of carboxylic acid groups (broad SMARTS) is 1. The Balaban J connectivity index is 0.000000360. The van der Waals surface area contributed by atoms with Crippen LogP contribution in [-0.2, 0) is 18.4 Å². The van der Waals surface area contributed by atoms with Crippen molar-refractivity contribution in [3.05, 3.63) is 53.3 Å². The highest BCUT2D eigenvalue weighted by Crippen LogP contribution is 2.49. The molecule has 3 atom stereocenters. The molecule has 2 N–H and O–H groups in total. The van der Waals surface area contributed by atoms with Crippen molar-refractivity contribution in [1.29, 1.82) is 0 Å². The van der Waals surface area contributed by atoms with E-state index in [-0.39, 0.29) is 12.1 Å². The Morgan fingerprint density at radius 2 is 1.84 bits per heavy atom. The number of urea groups is 1. The quantitative estimate of drug-likeness (QED) is 0.746. The summed E-state index contributed by atoms with van der Waals surface area (Å²) in [6.45, 7) is 2.94. The molecule has 11 heteroatoms. The molecule has 1 aliphatic heterocycles. The number of likely N-dealkylation sites (tertiary alicyclic amines) is 1. The number of carbonyl (C=O) groups is 2. The minimum absolute atomic E-state index is 0.0221. The van der Waals surface area contributed by atoms with Gasteiger partial charge in [-0.3, -0.25) is 9.58 Å². The minimum atomic E-state index is -5.08. The van der Waals surface area contributed by atoms with E-state index < -0.39 is 12.1 Å². The van der Waals surface area contributed by atoms with Crippen LogP contribution < -0.4 is 5.32 Å². The maximum atomic E-state index is 12.3. The zero-order valence-electron chi connectivity index (χ0n) is 18.0. The highest BCUT2D eigenvalue weighted by molar-refractivity contribution is 5.74. The standard InChI is InChI=1S/C19H25N5O.C2HF3O2/c1-22(2)19(25)21-18-15-7-5-4-6-14(15)16-11-24(12-17(16)18)10-13-8-20-23(3)9-13;3-2(4,5)1(6)7/h4-9,16-18H,10-12H2,1-3H3,(H,21,25);(H,6,7)/t16-,17-,18-;/m0./s1. The molecule has 1 aliphatic carbocycles. The van der Waals surface area contributed by atoms with Crippen LogP contribution in [0.25, 0.3) is 0 Å². The van der Waals surface area contributed by atoms with E-state index in [0.717, 1.165) is 19.6 Å². The van der Waals surface area contributed by atoms with E-state index in [4.69, 9.17) is 9.90 Å². The van der Waals surface area contributed by atoms with Crippen molar-refractivity contribution in [1.82, 2.24) is 24.9 Å². The van der Waals surface area contributed by atoms with Crippen LogP contribution in [0.3, 0.4) is 0 Å². The number of benzene rings is 1. The Hall–Kier alpha value is -3.08. The fraction of sp³-hybridized carbons (Fsp3) is 0.476. The van der Waals surface area contributed by atoms with Crippen molar-refractivity contribution >= 4 is 12.0 Å². The second-order valence-electron chi connectivity index (χ2n) is 8.24. The van der Waals surface area contributed by atoms with Crippen LogP contribution in [0.2, 0.25) is 0 Å². The van der Waals surface area contributed by atoms with Crippen molar-refractivity contribution in [3.8, 4) is 0 Å². The van der Waals surface area contributed by atoms with Gasteiger partial charge in [0.1, 0.15) is 0 Å². The van der Waals surface area contributed by atoms with Gasteiger partial charge in [0.15, 0.2) is 0 Å².